The second-order valence-electron chi connectivity index (χ2n) is 6.05. The lowest BCUT2D eigenvalue weighted by molar-refractivity contribution is 0.0714. The van der Waals surface area contributed by atoms with E-state index in [2.05, 4.69) is 6.92 Å². The molecule has 0 unspecified atom stereocenters. The van der Waals surface area contributed by atoms with Gasteiger partial charge >= 0.3 is 0 Å². The van der Waals surface area contributed by atoms with Gasteiger partial charge < -0.3 is 20.1 Å². The minimum Gasteiger partial charge on any atom is -0.493 e. The van der Waals surface area contributed by atoms with Crippen LogP contribution < -0.4 is 15.2 Å². The highest BCUT2D eigenvalue weighted by Crippen LogP contribution is 2.29. The molecule has 5 heteroatoms. The molecule has 1 heterocycles. The number of hydrogen-bond acceptors (Lipinski definition) is 4. The third-order valence-corrected chi connectivity index (χ3v) is 4.24. The molecule has 1 amide bonds. The molecule has 1 aromatic carbocycles. The number of amides is 1. The Bertz CT molecular complexity index is 511. The number of piperidine rings is 1. The van der Waals surface area contributed by atoms with Gasteiger partial charge in [0, 0.05) is 24.7 Å². The Kier molecular flexibility index (Phi) is 6.71. The third kappa shape index (κ3) is 4.86. The Morgan fingerprint density at radius 3 is 2.65 bits per heavy atom. The Morgan fingerprint density at radius 1 is 1.26 bits per heavy atom. The lowest BCUT2D eigenvalue weighted by Crippen LogP contribution is -2.42. The van der Waals surface area contributed by atoms with Crippen molar-refractivity contribution in [3.8, 4) is 11.5 Å². The molecule has 1 aliphatic rings. The number of benzene rings is 1. The van der Waals surface area contributed by atoms with Crippen molar-refractivity contribution >= 4 is 5.91 Å². The zero-order chi connectivity index (χ0) is 16.7. The summed E-state index contributed by atoms with van der Waals surface area (Å²) in [6, 6.07) is 5.63. The first-order chi connectivity index (χ1) is 11.2. The predicted molar refractivity (Wildman–Crippen MR) is 91.1 cm³/mol. The van der Waals surface area contributed by atoms with Crippen molar-refractivity contribution < 1.29 is 14.3 Å². The van der Waals surface area contributed by atoms with Crippen molar-refractivity contribution in [2.24, 2.45) is 5.73 Å². The standard InChI is InChI=1S/C18H28N2O3/c1-3-4-5-12-23-16-7-6-14(13-17(16)22-2)18(21)20-10-8-15(19)9-11-20/h6-7,13,15H,3-5,8-12,19H2,1-2H3. The summed E-state index contributed by atoms with van der Waals surface area (Å²) in [6.07, 6.45) is 5.06. The van der Waals surface area contributed by atoms with Gasteiger partial charge in [-0.3, -0.25) is 4.79 Å². The van der Waals surface area contributed by atoms with Gasteiger partial charge in [-0.05, 0) is 37.5 Å². The molecule has 0 aliphatic carbocycles. The summed E-state index contributed by atoms with van der Waals surface area (Å²) in [5, 5.41) is 0. The maximum Gasteiger partial charge on any atom is 0.253 e. The van der Waals surface area contributed by atoms with Crippen molar-refractivity contribution in [1.82, 2.24) is 4.90 Å². The minimum atomic E-state index is 0.0349. The van der Waals surface area contributed by atoms with Crippen LogP contribution in [0, 0.1) is 0 Å². The van der Waals surface area contributed by atoms with Crippen LogP contribution in [0.2, 0.25) is 0 Å². The molecule has 1 fully saturated rings. The smallest absolute Gasteiger partial charge is 0.253 e. The normalized spacial score (nSPS) is 15.5. The average molecular weight is 320 g/mol. The first kappa shape index (κ1) is 17.6. The van der Waals surface area contributed by atoms with E-state index in [1.165, 1.54) is 0 Å². The van der Waals surface area contributed by atoms with Gasteiger partial charge in [-0.1, -0.05) is 19.8 Å². The maximum absolute atomic E-state index is 12.6. The zero-order valence-electron chi connectivity index (χ0n) is 14.2. The monoisotopic (exact) mass is 320 g/mol. The van der Waals surface area contributed by atoms with Gasteiger partial charge in [-0.25, -0.2) is 0 Å². The molecule has 1 aliphatic heterocycles. The van der Waals surface area contributed by atoms with Gasteiger partial charge in [-0.15, -0.1) is 0 Å². The van der Waals surface area contributed by atoms with Crippen LogP contribution in [-0.2, 0) is 0 Å². The Morgan fingerprint density at radius 2 is 2.00 bits per heavy atom. The van der Waals surface area contributed by atoms with Crippen molar-refractivity contribution in [1.29, 1.82) is 0 Å². The lowest BCUT2D eigenvalue weighted by atomic mass is 10.0. The van der Waals surface area contributed by atoms with Gasteiger partial charge in [0.1, 0.15) is 0 Å². The van der Waals surface area contributed by atoms with Gasteiger partial charge in [-0.2, -0.15) is 0 Å². The van der Waals surface area contributed by atoms with Crippen LogP contribution in [0.1, 0.15) is 49.4 Å². The summed E-state index contributed by atoms with van der Waals surface area (Å²) >= 11 is 0. The van der Waals surface area contributed by atoms with E-state index in [9.17, 15) is 4.79 Å². The Hall–Kier alpha value is -1.75. The van der Waals surface area contributed by atoms with E-state index in [1.54, 1.807) is 13.2 Å². The number of hydrogen-bond donors (Lipinski definition) is 1. The minimum absolute atomic E-state index is 0.0349. The lowest BCUT2D eigenvalue weighted by Gasteiger charge is -2.30. The number of likely N-dealkylation sites (tertiary alicyclic amines) is 1. The van der Waals surface area contributed by atoms with Crippen molar-refractivity contribution in [3.63, 3.8) is 0 Å². The van der Waals surface area contributed by atoms with Crippen molar-refractivity contribution in [2.45, 2.75) is 45.1 Å². The molecule has 5 nitrogen and oxygen atoms in total. The largest absolute Gasteiger partial charge is 0.493 e. The number of nitrogens with two attached hydrogens (primary N) is 1. The van der Waals surface area contributed by atoms with Crippen LogP contribution in [0.3, 0.4) is 0 Å². The van der Waals surface area contributed by atoms with Gasteiger partial charge in [0.05, 0.1) is 13.7 Å². The molecular weight excluding hydrogens is 292 g/mol. The molecule has 0 radical (unpaired) electrons. The van der Waals surface area contributed by atoms with Crippen molar-refractivity contribution in [2.75, 3.05) is 26.8 Å². The fraction of sp³-hybridized carbons (Fsp3) is 0.611. The number of ether oxygens (including phenoxy) is 2. The van der Waals surface area contributed by atoms with E-state index in [-0.39, 0.29) is 11.9 Å². The number of carbonyl (C=O) groups excluding carboxylic acids is 1. The topological polar surface area (TPSA) is 64.8 Å². The van der Waals surface area contributed by atoms with E-state index in [0.717, 1.165) is 45.2 Å². The second kappa shape index (κ2) is 8.77. The second-order valence-corrected chi connectivity index (χ2v) is 6.05. The van der Waals surface area contributed by atoms with Crippen LogP contribution in [0.15, 0.2) is 18.2 Å². The summed E-state index contributed by atoms with van der Waals surface area (Å²) in [6.45, 7) is 4.27. The zero-order valence-corrected chi connectivity index (χ0v) is 14.2. The predicted octanol–water partition coefficient (Wildman–Crippen LogP) is 2.83. The molecule has 1 aromatic rings. The Balaban J connectivity index is 2.01. The molecule has 2 N–H and O–H groups in total. The van der Waals surface area contributed by atoms with E-state index in [0.29, 0.717) is 23.7 Å². The fourth-order valence-corrected chi connectivity index (χ4v) is 2.74. The number of rotatable bonds is 7. The van der Waals surface area contributed by atoms with Gasteiger partial charge in [0.25, 0.3) is 5.91 Å². The fourth-order valence-electron chi connectivity index (χ4n) is 2.74. The summed E-state index contributed by atoms with van der Waals surface area (Å²) < 4.78 is 11.1. The molecular formula is C18H28N2O3. The highest BCUT2D eigenvalue weighted by molar-refractivity contribution is 5.95. The Labute approximate surface area is 138 Å². The molecule has 23 heavy (non-hydrogen) atoms. The van der Waals surface area contributed by atoms with Crippen LogP contribution in [0.4, 0.5) is 0 Å². The highest BCUT2D eigenvalue weighted by atomic mass is 16.5. The number of unbranched alkanes of at least 4 members (excludes halogenated alkanes) is 2. The summed E-state index contributed by atoms with van der Waals surface area (Å²) in [5.74, 6) is 1.34. The molecule has 128 valence electrons. The molecule has 0 saturated carbocycles. The summed E-state index contributed by atoms with van der Waals surface area (Å²) in [4.78, 5) is 14.4. The third-order valence-electron chi connectivity index (χ3n) is 4.24. The van der Waals surface area contributed by atoms with E-state index in [1.807, 2.05) is 17.0 Å². The molecule has 0 bridgehead atoms. The molecule has 1 saturated heterocycles. The van der Waals surface area contributed by atoms with Crippen molar-refractivity contribution in [3.05, 3.63) is 23.8 Å². The first-order valence-electron chi connectivity index (χ1n) is 8.51. The van der Waals surface area contributed by atoms with Gasteiger partial charge in [0.15, 0.2) is 11.5 Å². The SMILES string of the molecule is CCCCCOc1ccc(C(=O)N2CCC(N)CC2)cc1OC. The van der Waals surface area contributed by atoms with Crippen LogP contribution >= 0.6 is 0 Å². The summed E-state index contributed by atoms with van der Waals surface area (Å²) in [7, 11) is 1.60. The van der Waals surface area contributed by atoms with Crippen LogP contribution in [0.25, 0.3) is 0 Å². The quantitative estimate of drug-likeness (QED) is 0.785. The van der Waals surface area contributed by atoms with Gasteiger partial charge in [0.2, 0.25) is 0 Å². The molecule has 0 aromatic heterocycles. The van der Waals surface area contributed by atoms with Crippen LogP contribution in [-0.4, -0.2) is 43.7 Å². The average Bonchev–Trinajstić information content (AvgIpc) is 2.59. The van der Waals surface area contributed by atoms with E-state index < -0.39 is 0 Å². The first-order valence-corrected chi connectivity index (χ1v) is 8.51. The molecule has 2 rings (SSSR count). The van der Waals surface area contributed by atoms with Crippen LogP contribution in [0.5, 0.6) is 11.5 Å². The maximum atomic E-state index is 12.6. The molecule has 0 atom stereocenters. The number of methoxy groups -OCH3 is 1. The highest BCUT2D eigenvalue weighted by Gasteiger charge is 2.22. The van der Waals surface area contributed by atoms with E-state index in [4.69, 9.17) is 15.2 Å². The summed E-state index contributed by atoms with van der Waals surface area (Å²) in [5.41, 5.74) is 6.53. The van der Waals surface area contributed by atoms with E-state index >= 15 is 0 Å². The number of carbonyl (C=O) groups is 1. The number of nitrogens with zero attached hydrogens (tertiary/aromatic N) is 1. The molecule has 0 spiro atoms.